The van der Waals surface area contributed by atoms with Crippen molar-refractivity contribution in [2.24, 2.45) is 5.73 Å². The summed E-state index contributed by atoms with van der Waals surface area (Å²) in [6.07, 6.45) is 5.58. The van der Waals surface area contributed by atoms with Crippen molar-refractivity contribution >= 4 is 11.8 Å². The van der Waals surface area contributed by atoms with E-state index in [2.05, 4.69) is 21.3 Å². The second-order valence-electron chi connectivity index (χ2n) is 7.73. The molecular formula is C23H41N5O3. The van der Waals surface area contributed by atoms with Crippen molar-refractivity contribution in [1.29, 1.82) is 0 Å². The van der Waals surface area contributed by atoms with Gasteiger partial charge in [0.15, 0.2) is 0 Å². The van der Waals surface area contributed by atoms with Crippen LogP contribution in [-0.4, -0.2) is 62.2 Å². The van der Waals surface area contributed by atoms with Crippen molar-refractivity contribution in [2.45, 2.75) is 57.9 Å². The molecule has 8 heteroatoms. The van der Waals surface area contributed by atoms with E-state index in [0.29, 0.717) is 19.4 Å². The van der Waals surface area contributed by atoms with E-state index < -0.39 is 6.04 Å². The lowest BCUT2D eigenvalue weighted by molar-refractivity contribution is -0.129. The monoisotopic (exact) mass is 435 g/mol. The Morgan fingerprint density at radius 3 is 2.16 bits per heavy atom. The Balaban J connectivity index is 2.25. The number of phenolic OH excluding ortho intramolecular Hbond substituents is 1. The molecule has 1 atom stereocenters. The van der Waals surface area contributed by atoms with E-state index in [4.69, 9.17) is 5.73 Å². The van der Waals surface area contributed by atoms with Gasteiger partial charge in [-0.05, 0) is 82.5 Å². The van der Waals surface area contributed by atoms with Gasteiger partial charge in [-0.25, -0.2) is 0 Å². The SMILES string of the molecule is CCCC(=O)N[C@@H](Cc1ccc(O)cc1)C(=O)NCCCNCCCNCCCCN. The molecule has 7 N–H and O–H groups in total. The quantitative estimate of drug-likeness (QED) is 0.191. The van der Waals surface area contributed by atoms with Gasteiger partial charge in [0.05, 0.1) is 0 Å². The molecule has 0 aliphatic carbocycles. The number of aromatic hydroxyl groups is 1. The molecule has 2 amide bonds. The van der Waals surface area contributed by atoms with Crippen LogP contribution in [0, 0.1) is 0 Å². The highest BCUT2D eigenvalue weighted by atomic mass is 16.3. The molecule has 0 aromatic heterocycles. The number of amides is 2. The van der Waals surface area contributed by atoms with Crippen LogP contribution in [0.5, 0.6) is 5.75 Å². The Kier molecular flexibility index (Phi) is 15.2. The van der Waals surface area contributed by atoms with Crippen molar-refractivity contribution in [2.75, 3.05) is 39.3 Å². The van der Waals surface area contributed by atoms with Crippen molar-refractivity contribution in [3.63, 3.8) is 0 Å². The number of nitrogens with two attached hydrogens (primary N) is 1. The zero-order valence-corrected chi connectivity index (χ0v) is 18.9. The van der Waals surface area contributed by atoms with Crippen LogP contribution in [0.2, 0.25) is 0 Å². The second-order valence-corrected chi connectivity index (χ2v) is 7.73. The molecule has 0 saturated heterocycles. The van der Waals surface area contributed by atoms with Gasteiger partial charge in [-0.15, -0.1) is 0 Å². The molecule has 0 unspecified atom stereocenters. The molecule has 0 heterocycles. The molecule has 0 saturated carbocycles. The summed E-state index contributed by atoms with van der Waals surface area (Å²) < 4.78 is 0. The van der Waals surface area contributed by atoms with Crippen LogP contribution in [0.1, 0.15) is 51.0 Å². The number of hydrogen-bond donors (Lipinski definition) is 6. The summed E-state index contributed by atoms with van der Waals surface area (Å²) in [5.41, 5.74) is 6.35. The Morgan fingerprint density at radius 1 is 0.935 bits per heavy atom. The van der Waals surface area contributed by atoms with Crippen molar-refractivity contribution in [3.05, 3.63) is 29.8 Å². The van der Waals surface area contributed by atoms with E-state index in [1.807, 2.05) is 6.92 Å². The van der Waals surface area contributed by atoms with Crippen molar-refractivity contribution in [1.82, 2.24) is 21.3 Å². The Labute approximate surface area is 186 Å². The molecule has 0 radical (unpaired) electrons. The Morgan fingerprint density at radius 2 is 1.55 bits per heavy atom. The molecule has 1 rings (SSSR count). The van der Waals surface area contributed by atoms with Crippen molar-refractivity contribution < 1.29 is 14.7 Å². The second kappa shape index (κ2) is 17.5. The van der Waals surface area contributed by atoms with E-state index >= 15 is 0 Å². The van der Waals surface area contributed by atoms with Crippen molar-refractivity contribution in [3.8, 4) is 5.75 Å². The summed E-state index contributed by atoms with van der Waals surface area (Å²) in [4.78, 5) is 24.7. The largest absolute Gasteiger partial charge is 0.508 e. The van der Waals surface area contributed by atoms with Gasteiger partial charge in [0.1, 0.15) is 11.8 Å². The number of rotatable bonds is 18. The fourth-order valence-corrected chi connectivity index (χ4v) is 3.10. The molecule has 0 fully saturated rings. The highest BCUT2D eigenvalue weighted by molar-refractivity contribution is 5.87. The smallest absolute Gasteiger partial charge is 0.242 e. The molecule has 0 aliphatic rings. The highest BCUT2D eigenvalue weighted by Crippen LogP contribution is 2.11. The average Bonchev–Trinajstić information content (AvgIpc) is 2.75. The summed E-state index contributed by atoms with van der Waals surface area (Å²) in [5, 5.41) is 22.0. The fourth-order valence-electron chi connectivity index (χ4n) is 3.10. The Hall–Kier alpha value is -2.16. The van der Waals surface area contributed by atoms with Gasteiger partial charge in [-0.1, -0.05) is 19.1 Å². The third-order valence-electron chi connectivity index (χ3n) is 4.85. The highest BCUT2D eigenvalue weighted by Gasteiger charge is 2.20. The van der Waals surface area contributed by atoms with E-state index in [1.165, 1.54) is 0 Å². The molecule has 8 nitrogen and oxygen atoms in total. The topological polar surface area (TPSA) is 129 Å². The third kappa shape index (κ3) is 13.7. The average molecular weight is 436 g/mol. The summed E-state index contributed by atoms with van der Waals surface area (Å²) in [6, 6.07) is 6.07. The number of hydrogen-bond acceptors (Lipinski definition) is 6. The molecule has 176 valence electrons. The fraction of sp³-hybridized carbons (Fsp3) is 0.652. The first-order chi connectivity index (χ1) is 15.1. The molecule has 31 heavy (non-hydrogen) atoms. The molecule has 0 bridgehead atoms. The van der Waals surface area contributed by atoms with Gasteiger partial charge >= 0.3 is 0 Å². The van der Waals surface area contributed by atoms with E-state index in [0.717, 1.165) is 70.4 Å². The zero-order valence-electron chi connectivity index (χ0n) is 18.9. The third-order valence-corrected chi connectivity index (χ3v) is 4.85. The Bertz CT molecular complexity index is 610. The lowest BCUT2D eigenvalue weighted by atomic mass is 10.0. The van der Waals surface area contributed by atoms with Gasteiger partial charge < -0.3 is 32.1 Å². The van der Waals surface area contributed by atoms with Gasteiger partial charge in [0.2, 0.25) is 11.8 Å². The van der Waals surface area contributed by atoms with Crippen LogP contribution >= 0.6 is 0 Å². The van der Waals surface area contributed by atoms with Gasteiger partial charge in [0.25, 0.3) is 0 Å². The van der Waals surface area contributed by atoms with Gasteiger partial charge in [0, 0.05) is 19.4 Å². The minimum absolute atomic E-state index is 0.125. The summed E-state index contributed by atoms with van der Waals surface area (Å²) in [5.74, 6) is -0.131. The van der Waals surface area contributed by atoms with Crippen LogP contribution in [0.25, 0.3) is 0 Å². The van der Waals surface area contributed by atoms with E-state index in [1.54, 1.807) is 24.3 Å². The number of carbonyl (C=O) groups excluding carboxylic acids is 2. The summed E-state index contributed by atoms with van der Waals surface area (Å²) >= 11 is 0. The van der Waals surface area contributed by atoms with Gasteiger partial charge in [-0.2, -0.15) is 0 Å². The number of nitrogens with one attached hydrogen (secondary N) is 4. The normalized spacial score (nSPS) is 11.8. The summed E-state index contributed by atoms with van der Waals surface area (Å²) in [6.45, 7) is 7.02. The minimum Gasteiger partial charge on any atom is -0.508 e. The molecule has 0 spiro atoms. The van der Waals surface area contributed by atoms with Crippen LogP contribution in [0.15, 0.2) is 24.3 Å². The first-order valence-electron chi connectivity index (χ1n) is 11.5. The number of carbonyl (C=O) groups is 2. The lowest BCUT2D eigenvalue weighted by Crippen LogP contribution is -2.48. The number of phenols is 1. The van der Waals surface area contributed by atoms with Crippen LogP contribution in [0.4, 0.5) is 0 Å². The predicted molar refractivity (Wildman–Crippen MR) is 125 cm³/mol. The molecule has 0 aliphatic heterocycles. The maximum absolute atomic E-state index is 12.6. The maximum atomic E-state index is 12.6. The van der Waals surface area contributed by atoms with E-state index in [9.17, 15) is 14.7 Å². The first-order valence-corrected chi connectivity index (χ1v) is 11.5. The van der Waals surface area contributed by atoms with Crippen LogP contribution < -0.4 is 27.0 Å². The number of unbranched alkanes of at least 4 members (excludes halogenated alkanes) is 1. The minimum atomic E-state index is -0.623. The maximum Gasteiger partial charge on any atom is 0.242 e. The lowest BCUT2D eigenvalue weighted by Gasteiger charge is -2.19. The van der Waals surface area contributed by atoms with Crippen LogP contribution in [0.3, 0.4) is 0 Å². The number of benzene rings is 1. The zero-order chi connectivity index (χ0) is 22.7. The van der Waals surface area contributed by atoms with Gasteiger partial charge in [-0.3, -0.25) is 9.59 Å². The standard InChI is InChI=1S/C23H41N5O3/c1-2-7-22(30)28-21(18-19-8-10-20(29)11-9-19)23(31)27-17-6-16-26-15-5-14-25-13-4-3-12-24/h8-11,21,25-26,29H,2-7,12-18,24H2,1H3,(H,27,31)(H,28,30)/t21-/m0/s1. The molecule has 1 aromatic rings. The summed E-state index contributed by atoms with van der Waals surface area (Å²) in [7, 11) is 0. The molecule has 1 aromatic carbocycles. The predicted octanol–water partition coefficient (Wildman–Crippen LogP) is 1.03. The molecular weight excluding hydrogens is 394 g/mol. The van der Waals surface area contributed by atoms with E-state index in [-0.39, 0.29) is 17.6 Å². The van der Waals surface area contributed by atoms with Crippen LogP contribution in [-0.2, 0) is 16.0 Å². The first kappa shape index (κ1) is 26.9.